The van der Waals surface area contributed by atoms with E-state index in [2.05, 4.69) is 0 Å². The molecule has 134 valence electrons. The van der Waals surface area contributed by atoms with Crippen molar-refractivity contribution in [3.8, 4) is 11.5 Å². The van der Waals surface area contributed by atoms with Crippen molar-refractivity contribution in [2.75, 3.05) is 0 Å². The Morgan fingerprint density at radius 1 is 0.846 bits per heavy atom. The normalized spacial score (nSPS) is 13.2. The number of ketones is 2. The lowest BCUT2D eigenvalue weighted by Gasteiger charge is -2.27. The Labute approximate surface area is 149 Å². The van der Waals surface area contributed by atoms with Crippen molar-refractivity contribution < 1.29 is 29.7 Å². The summed E-state index contributed by atoms with van der Waals surface area (Å²) in [5.74, 6) is -2.84. The van der Waals surface area contributed by atoms with E-state index in [1.54, 1.807) is 24.3 Å². The lowest BCUT2D eigenvalue weighted by molar-refractivity contribution is -0.137. The minimum Gasteiger partial charge on any atom is -0.507 e. The predicted octanol–water partition coefficient (Wildman–Crippen LogP) is 2.99. The van der Waals surface area contributed by atoms with Gasteiger partial charge in [0.2, 0.25) is 5.78 Å². The molecule has 0 atom stereocenters. The Balaban J connectivity index is 2.00. The molecular formula is C20H18O6. The van der Waals surface area contributed by atoms with E-state index in [4.69, 9.17) is 5.11 Å². The first-order valence-electron chi connectivity index (χ1n) is 8.34. The first-order chi connectivity index (χ1) is 12.4. The Morgan fingerprint density at radius 3 is 1.85 bits per heavy atom. The third-order valence-corrected chi connectivity index (χ3v) is 4.61. The Kier molecular flexibility index (Phi) is 4.75. The van der Waals surface area contributed by atoms with Gasteiger partial charge in [-0.15, -0.1) is 0 Å². The minimum atomic E-state index is -0.911. The molecule has 0 spiro atoms. The summed E-state index contributed by atoms with van der Waals surface area (Å²) in [6.07, 6.45) is 0.936. The highest BCUT2D eigenvalue weighted by Crippen LogP contribution is 2.43. The van der Waals surface area contributed by atoms with Crippen molar-refractivity contribution in [2.24, 2.45) is 0 Å². The van der Waals surface area contributed by atoms with E-state index in [9.17, 15) is 24.6 Å². The fourth-order valence-corrected chi connectivity index (χ4v) is 3.45. The zero-order chi connectivity index (χ0) is 18.8. The molecule has 0 fully saturated rings. The van der Waals surface area contributed by atoms with Gasteiger partial charge < -0.3 is 15.3 Å². The Hall–Kier alpha value is -3.15. The highest BCUT2D eigenvalue weighted by Gasteiger charge is 2.37. The highest BCUT2D eigenvalue weighted by molar-refractivity contribution is 6.18. The number of phenols is 2. The molecule has 2 aromatic carbocycles. The minimum absolute atomic E-state index is 0.00875. The van der Waals surface area contributed by atoms with Crippen LogP contribution in [0.3, 0.4) is 0 Å². The SMILES string of the molecule is O=C(O)CCCCC(=O)C1c2cccc(O)c2C(=O)c2c(O)cccc21. The van der Waals surface area contributed by atoms with Crippen molar-refractivity contribution in [1.29, 1.82) is 0 Å². The van der Waals surface area contributed by atoms with Gasteiger partial charge >= 0.3 is 5.97 Å². The fourth-order valence-electron chi connectivity index (χ4n) is 3.45. The predicted molar refractivity (Wildman–Crippen MR) is 92.6 cm³/mol. The smallest absolute Gasteiger partial charge is 0.303 e. The maximum atomic E-state index is 12.9. The third kappa shape index (κ3) is 3.06. The molecule has 0 radical (unpaired) electrons. The number of carboxylic acids is 1. The summed E-state index contributed by atoms with van der Waals surface area (Å²) < 4.78 is 0. The summed E-state index contributed by atoms with van der Waals surface area (Å²) in [6.45, 7) is 0. The number of fused-ring (bicyclic) bond motifs is 2. The Morgan fingerprint density at radius 2 is 1.35 bits per heavy atom. The zero-order valence-corrected chi connectivity index (χ0v) is 13.9. The van der Waals surface area contributed by atoms with Crippen LogP contribution in [0.4, 0.5) is 0 Å². The molecule has 26 heavy (non-hydrogen) atoms. The molecule has 6 heteroatoms. The van der Waals surface area contributed by atoms with Crippen LogP contribution in [-0.4, -0.2) is 32.9 Å². The molecule has 3 rings (SSSR count). The molecule has 1 aliphatic carbocycles. The van der Waals surface area contributed by atoms with Crippen LogP contribution in [0.2, 0.25) is 0 Å². The van der Waals surface area contributed by atoms with Crippen LogP contribution >= 0.6 is 0 Å². The van der Waals surface area contributed by atoms with Crippen molar-refractivity contribution in [3.05, 3.63) is 58.7 Å². The number of carbonyl (C=O) groups is 3. The van der Waals surface area contributed by atoms with Crippen molar-refractivity contribution in [1.82, 2.24) is 0 Å². The van der Waals surface area contributed by atoms with E-state index in [1.807, 2.05) is 0 Å². The third-order valence-electron chi connectivity index (χ3n) is 4.61. The van der Waals surface area contributed by atoms with E-state index in [-0.39, 0.29) is 41.3 Å². The molecule has 1 aliphatic rings. The van der Waals surface area contributed by atoms with Crippen LogP contribution in [0.25, 0.3) is 0 Å². The van der Waals surface area contributed by atoms with Gasteiger partial charge in [-0.1, -0.05) is 24.3 Å². The average Bonchev–Trinajstić information content (AvgIpc) is 2.58. The zero-order valence-electron chi connectivity index (χ0n) is 13.9. The molecule has 0 saturated carbocycles. The summed E-state index contributed by atoms with van der Waals surface area (Å²) in [7, 11) is 0. The average molecular weight is 354 g/mol. The van der Waals surface area contributed by atoms with Crippen molar-refractivity contribution >= 4 is 17.5 Å². The van der Waals surface area contributed by atoms with Gasteiger partial charge in [0.1, 0.15) is 17.3 Å². The quantitative estimate of drug-likeness (QED) is 0.688. The van der Waals surface area contributed by atoms with Crippen LogP contribution in [-0.2, 0) is 9.59 Å². The van der Waals surface area contributed by atoms with E-state index in [1.165, 1.54) is 12.1 Å². The van der Waals surface area contributed by atoms with Gasteiger partial charge in [-0.3, -0.25) is 14.4 Å². The first-order valence-corrected chi connectivity index (χ1v) is 8.34. The van der Waals surface area contributed by atoms with Crippen LogP contribution in [0.15, 0.2) is 36.4 Å². The Bertz CT molecular complexity index is 844. The number of benzene rings is 2. The maximum Gasteiger partial charge on any atom is 0.303 e. The van der Waals surface area contributed by atoms with Gasteiger partial charge in [0.05, 0.1) is 17.0 Å². The summed E-state index contributed by atoms with van der Waals surface area (Å²) >= 11 is 0. The molecule has 0 heterocycles. The van der Waals surface area contributed by atoms with Crippen LogP contribution < -0.4 is 0 Å². The number of aliphatic carboxylic acids is 1. The molecule has 0 aromatic heterocycles. The molecule has 0 bridgehead atoms. The van der Waals surface area contributed by atoms with E-state index in [0.717, 1.165) is 0 Å². The molecule has 0 saturated heterocycles. The topological polar surface area (TPSA) is 112 Å². The summed E-state index contributed by atoms with van der Waals surface area (Å²) in [6, 6.07) is 9.13. The number of hydrogen-bond donors (Lipinski definition) is 3. The second kappa shape index (κ2) is 7.00. The number of rotatable bonds is 6. The number of Topliss-reactive ketones (excluding diaryl/α,β-unsaturated/α-hetero) is 1. The maximum absolute atomic E-state index is 12.9. The lowest BCUT2D eigenvalue weighted by Crippen LogP contribution is -2.25. The van der Waals surface area contributed by atoms with Gasteiger partial charge in [0.15, 0.2) is 0 Å². The number of phenolic OH excluding ortho intramolecular Hbond substituents is 2. The molecule has 2 aromatic rings. The molecule has 6 nitrogen and oxygen atoms in total. The summed E-state index contributed by atoms with van der Waals surface area (Å²) in [5, 5.41) is 29.0. The lowest BCUT2D eigenvalue weighted by atomic mass is 9.74. The number of hydrogen-bond acceptors (Lipinski definition) is 5. The summed E-state index contributed by atoms with van der Waals surface area (Å²) in [5.41, 5.74) is 0.892. The molecule has 0 unspecified atom stereocenters. The van der Waals surface area contributed by atoms with Gasteiger partial charge in [-0.25, -0.2) is 0 Å². The number of carbonyl (C=O) groups excluding carboxylic acids is 2. The van der Waals surface area contributed by atoms with Crippen LogP contribution in [0, 0.1) is 0 Å². The van der Waals surface area contributed by atoms with Gasteiger partial charge in [-0.2, -0.15) is 0 Å². The molecule has 0 amide bonds. The molecular weight excluding hydrogens is 336 g/mol. The van der Waals surface area contributed by atoms with Crippen molar-refractivity contribution in [2.45, 2.75) is 31.6 Å². The standard InChI is InChI=1S/C20H18O6/c21-13(7-1-2-10-16(24)25)17-11-5-3-8-14(22)18(11)20(26)19-12(17)6-4-9-15(19)23/h3-6,8-9,17,22-23H,1-2,7,10H2,(H,24,25). The van der Waals surface area contributed by atoms with Crippen molar-refractivity contribution in [3.63, 3.8) is 0 Å². The highest BCUT2D eigenvalue weighted by atomic mass is 16.4. The van der Waals surface area contributed by atoms with Gasteiger partial charge in [-0.05, 0) is 36.1 Å². The van der Waals surface area contributed by atoms with Crippen LogP contribution in [0.1, 0.15) is 58.6 Å². The number of unbranched alkanes of at least 4 members (excludes halogenated alkanes) is 1. The molecule has 3 N–H and O–H groups in total. The number of carboxylic acid groups (broad SMARTS) is 1. The number of aromatic hydroxyl groups is 2. The van der Waals surface area contributed by atoms with E-state index >= 15 is 0 Å². The van der Waals surface area contributed by atoms with Crippen LogP contribution in [0.5, 0.6) is 11.5 Å². The largest absolute Gasteiger partial charge is 0.507 e. The van der Waals surface area contributed by atoms with Gasteiger partial charge in [0, 0.05) is 12.8 Å². The van der Waals surface area contributed by atoms with E-state index in [0.29, 0.717) is 24.0 Å². The monoisotopic (exact) mass is 354 g/mol. The summed E-state index contributed by atoms with van der Waals surface area (Å²) in [4.78, 5) is 36.2. The van der Waals surface area contributed by atoms with E-state index < -0.39 is 17.7 Å². The second-order valence-corrected chi connectivity index (χ2v) is 6.31. The fraction of sp³-hybridized carbons (Fsp3) is 0.250. The second-order valence-electron chi connectivity index (χ2n) is 6.31. The van der Waals surface area contributed by atoms with Gasteiger partial charge in [0.25, 0.3) is 0 Å². The first kappa shape index (κ1) is 17.7. The molecule has 0 aliphatic heterocycles.